The lowest BCUT2D eigenvalue weighted by Gasteiger charge is -2.00. The Bertz CT molecular complexity index is 533. The van der Waals surface area contributed by atoms with Gasteiger partial charge in [0.05, 0.1) is 7.11 Å². The van der Waals surface area contributed by atoms with Crippen molar-refractivity contribution >= 4 is 17.3 Å². The van der Waals surface area contributed by atoms with Gasteiger partial charge in [-0.25, -0.2) is 9.78 Å². The van der Waals surface area contributed by atoms with Gasteiger partial charge in [0.1, 0.15) is 10.7 Å². The lowest BCUT2D eigenvalue weighted by molar-refractivity contribution is 0.0594. The van der Waals surface area contributed by atoms with Crippen LogP contribution in [0.1, 0.15) is 26.9 Å². The fraction of sp³-hybridized carbons (Fsp3) is 0.333. The van der Waals surface area contributed by atoms with Crippen LogP contribution in [-0.2, 0) is 17.8 Å². The molecule has 5 nitrogen and oxygen atoms in total. The third-order valence-corrected chi connectivity index (χ3v) is 3.38. The minimum atomic E-state index is -0.350. The van der Waals surface area contributed by atoms with Crippen molar-refractivity contribution in [2.45, 2.75) is 20.0 Å². The van der Waals surface area contributed by atoms with Gasteiger partial charge in [-0.3, -0.25) is 0 Å². The molecule has 0 aromatic carbocycles. The summed E-state index contributed by atoms with van der Waals surface area (Å²) in [6.45, 7) is 3.37. The van der Waals surface area contributed by atoms with E-state index in [1.165, 1.54) is 7.11 Å². The van der Waals surface area contributed by atoms with E-state index in [-0.39, 0.29) is 5.97 Å². The third kappa shape index (κ3) is 3.18. The summed E-state index contributed by atoms with van der Waals surface area (Å²) in [5.74, 6) is -0.350. The minimum Gasteiger partial charge on any atom is -0.464 e. The Kier molecular flexibility index (Phi) is 4.11. The summed E-state index contributed by atoms with van der Waals surface area (Å²) >= 11 is 1.64. The van der Waals surface area contributed by atoms with Crippen LogP contribution < -0.4 is 5.32 Å². The average Bonchev–Trinajstić information content (AvgIpc) is 2.98. The van der Waals surface area contributed by atoms with Crippen LogP contribution in [0.3, 0.4) is 0 Å². The number of carbonyl (C=O) groups excluding carboxylic acids is 1. The summed E-state index contributed by atoms with van der Waals surface area (Å²) < 4.78 is 4.63. The van der Waals surface area contributed by atoms with E-state index < -0.39 is 0 Å². The zero-order valence-corrected chi connectivity index (χ0v) is 11.1. The highest BCUT2D eigenvalue weighted by atomic mass is 32.1. The van der Waals surface area contributed by atoms with Crippen LogP contribution in [-0.4, -0.2) is 23.0 Å². The molecule has 0 unspecified atom stereocenters. The van der Waals surface area contributed by atoms with Crippen molar-refractivity contribution in [3.8, 4) is 0 Å². The van der Waals surface area contributed by atoms with Crippen LogP contribution in [0.5, 0.6) is 0 Å². The molecule has 0 radical (unpaired) electrons. The summed E-state index contributed by atoms with van der Waals surface area (Å²) in [5, 5.41) is 6.36. The number of ether oxygens (including phenoxy) is 1. The standard InChI is InChI=1S/C12H15N3O2S/c1-8-7-18-11(14-8)6-13-5-9-3-4-10(15-9)12(16)17-2/h3-4,7,13,15H,5-6H2,1-2H3. The number of rotatable bonds is 5. The van der Waals surface area contributed by atoms with E-state index in [2.05, 4.69) is 20.0 Å². The number of thiazole rings is 1. The van der Waals surface area contributed by atoms with Crippen molar-refractivity contribution in [3.63, 3.8) is 0 Å². The molecule has 6 heteroatoms. The average molecular weight is 265 g/mol. The van der Waals surface area contributed by atoms with Gasteiger partial charge < -0.3 is 15.0 Å². The smallest absolute Gasteiger partial charge is 0.354 e. The molecule has 0 spiro atoms. The quantitative estimate of drug-likeness (QED) is 0.810. The van der Waals surface area contributed by atoms with Crippen molar-refractivity contribution in [2.24, 2.45) is 0 Å². The summed E-state index contributed by atoms with van der Waals surface area (Å²) in [6.07, 6.45) is 0. The highest BCUT2D eigenvalue weighted by Crippen LogP contribution is 2.08. The van der Waals surface area contributed by atoms with Gasteiger partial charge in [0, 0.05) is 29.9 Å². The Labute approximate surface area is 109 Å². The zero-order valence-electron chi connectivity index (χ0n) is 10.3. The number of H-pyrrole nitrogens is 1. The number of hydrogen-bond acceptors (Lipinski definition) is 5. The monoisotopic (exact) mass is 265 g/mol. The van der Waals surface area contributed by atoms with Crippen molar-refractivity contribution in [1.29, 1.82) is 0 Å². The van der Waals surface area contributed by atoms with E-state index in [0.717, 1.165) is 22.9 Å². The van der Waals surface area contributed by atoms with Crippen LogP contribution in [0.4, 0.5) is 0 Å². The maximum Gasteiger partial charge on any atom is 0.354 e. The van der Waals surface area contributed by atoms with Crippen molar-refractivity contribution in [1.82, 2.24) is 15.3 Å². The number of aromatic nitrogens is 2. The predicted molar refractivity (Wildman–Crippen MR) is 69.5 cm³/mol. The minimum absolute atomic E-state index is 0.350. The molecule has 2 heterocycles. The normalized spacial score (nSPS) is 10.6. The van der Waals surface area contributed by atoms with Gasteiger partial charge in [0.2, 0.25) is 0 Å². The van der Waals surface area contributed by atoms with E-state index in [4.69, 9.17) is 0 Å². The zero-order chi connectivity index (χ0) is 13.0. The number of aromatic amines is 1. The Hall–Kier alpha value is -1.66. The second kappa shape index (κ2) is 5.79. The van der Waals surface area contributed by atoms with Crippen LogP contribution >= 0.6 is 11.3 Å². The van der Waals surface area contributed by atoms with Crippen LogP contribution in [0.15, 0.2) is 17.5 Å². The van der Waals surface area contributed by atoms with E-state index in [9.17, 15) is 4.79 Å². The second-order valence-corrected chi connectivity index (χ2v) is 4.82. The van der Waals surface area contributed by atoms with Crippen molar-refractivity contribution in [2.75, 3.05) is 7.11 Å². The predicted octanol–water partition coefficient (Wildman–Crippen LogP) is 1.86. The third-order valence-electron chi connectivity index (χ3n) is 2.41. The fourth-order valence-corrected chi connectivity index (χ4v) is 2.30. The Morgan fingerprint density at radius 2 is 2.33 bits per heavy atom. The first-order chi connectivity index (χ1) is 8.69. The van der Waals surface area contributed by atoms with Gasteiger partial charge in [-0.1, -0.05) is 0 Å². The molecule has 0 fully saturated rings. The molecule has 0 amide bonds. The first-order valence-corrected chi connectivity index (χ1v) is 6.45. The molecule has 0 saturated carbocycles. The molecule has 0 bridgehead atoms. The van der Waals surface area contributed by atoms with Gasteiger partial charge in [-0.15, -0.1) is 11.3 Å². The SMILES string of the molecule is COC(=O)c1ccc(CNCc2nc(C)cs2)[nH]1. The van der Waals surface area contributed by atoms with Gasteiger partial charge >= 0.3 is 5.97 Å². The van der Waals surface area contributed by atoms with E-state index >= 15 is 0 Å². The highest BCUT2D eigenvalue weighted by molar-refractivity contribution is 7.09. The molecule has 96 valence electrons. The number of nitrogens with zero attached hydrogens (tertiary/aromatic N) is 1. The summed E-state index contributed by atoms with van der Waals surface area (Å²) in [6, 6.07) is 3.59. The van der Waals surface area contributed by atoms with E-state index in [1.807, 2.05) is 18.4 Å². The summed E-state index contributed by atoms with van der Waals surface area (Å²) in [7, 11) is 1.37. The molecule has 2 rings (SSSR count). The molecule has 18 heavy (non-hydrogen) atoms. The van der Waals surface area contributed by atoms with Crippen LogP contribution in [0.2, 0.25) is 0 Å². The van der Waals surface area contributed by atoms with Crippen LogP contribution in [0.25, 0.3) is 0 Å². The van der Waals surface area contributed by atoms with Crippen molar-refractivity contribution < 1.29 is 9.53 Å². The summed E-state index contributed by atoms with van der Waals surface area (Å²) in [5.41, 5.74) is 2.47. The largest absolute Gasteiger partial charge is 0.464 e. The second-order valence-electron chi connectivity index (χ2n) is 3.88. The number of methoxy groups -OCH3 is 1. The molecule has 0 saturated heterocycles. The van der Waals surface area contributed by atoms with Gasteiger partial charge in [-0.05, 0) is 19.1 Å². The highest BCUT2D eigenvalue weighted by Gasteiger charge is 2.07. The van der Waals surface area contributed by atoms with Gasteiger partial charge in [0.25, 0.3) is 0 Å². The van der Waals surface area contributed by atoms with Crippen molar-refractivity contribution in [3.05, 3.63) is 39.6 Å². The fourth-order valence-electron chi connectivity index (χ4n) is 1.56. The lowest BCUT2D eigenvalue weighted by atomic mass is 10.4. The van der Waals surface area contributed by atoms with Gasteiger partial charge in [0.15, 0.2) is 0 Å². The molecular weight excluding hydrogens is 250 g/mol. The Balaban J connectivity index is 1.83. The Morgan fingerprint density at radius 1 is 1.50 bits per heavy atom. The number of esters is 1. The molecule has 0 atom stereocenters. The molecule has 2 aromatic rings. The number of nitrogens with one attached hydrogen (secondary N) is 2. The number of aryl methyl sites for hydroxylation is 1. The Morgan fingerprint density at radius 3 is 3.00 bits per heavy atom. The first kappa shape index (κ1) is 12.8. The molecule has 2 aromatic heterocycles. The number of hydrogen-bond donors (Lipinski definition) is 2. The maximum atomic E-state index is 11.2. The summed E-state index contributed by atoms with van der Waals surface area (Å²) in [4.78, 5) is 18.6. The van der Waals surface area contributed by atoms with Crippen LogP contribution in [0, 0.1) is 6.92 Å². The molecule has 0 aliphatic rings. The van der Waals surface area contributed by atoms with Gasteiger partial charge in [-0.2, -0.15) is 0 Å². The molecule has 0 aliphatic carbocycles. The molecule has 0 aliphatic heterocycles. The maximum absolute atomic E-state index is 11.2. The lowest BCUT2D eigenvalue weighted by Crippen LogP contribution is -2.13. The first-order valence-electron chi connectivity index (χ1n) is 5.57. The molecule has 2 N–H and O–H groups in total. The number of carbonyl (C=O) groups is 1. The molecular formula is C12H15N3O2S. The topological polar surface area (TPSA) is 67.0 Å². The van der Waals surface area contributed by atoms with E-state index in [0.29, 0.717) is 12.2 Å². The van der Waals surface area contributed by atoms with E-state index in [1.54, 1.807) is 17.4 Å².